The fourth-order valence-electron chi connectivity index (χ4n) is 2.83. The van der Waals surface area contributed by atoms with Crippen LogP contribution in [0.2, 0.25) is 0 Å². The average molecular weight is 474 g/mol. The molecule has 0 atom stereocenters. The SMILES string of the molecule is O=C(CSc1nc(Nc2ccccc2)nc(Nc2ccccc2)n1)Nc1ccc([N+](=O)[O-])cc1. The molecule has 0 spiro atoms. The highest BCUT2D eigenvalue weighted by Gasteiger charge is 2.12. The van der Waals surface area contributed by atoms with Crippen LogP contribution in [-0.4, -0.2) is 31.5 Å². The van der Waals surface area contributed by atoms with E-state index in [-0.39, 0.29) is 17.3 Å². The van der Waals surface area contributed by atoms with E-state index >= 15 is 0 Å². The molecule has 0 aliphatic carbocycles. The number of amides is 1. The Kier molecular flexibility index (Phi) is 7.25. The first kappa shape index (κ1) is 22.7. The molecule has 34 heavy (non-hydrogen) atoms. The topological polar surface area (TPSA) is 135 Å². The summed E-state index contributed by atoms with van der Waals surface area (Å²) in [4.78, 5) is 35.9. The van der Waals surface area contributed by atoms with Crippen molar-refractivity contribution in [3.05, 3.63) is 95.0 Å². The van der Waals surface area contributed by atoms with Gasteiger partial charge in [0.05, 0.1) is 10.7 Å². The van der Waals surface area contributed by atoms with E-state index in [4.69, 9.17) is 0 Å². The van der Waals surface area contributed by atoms with Crippen molar-refractivity contribution >= 4 is 52.3 Å². The predicted molar refractivity (Wildman–Crippen MR) is 132 cm³/mol. The number of para-hydroxylation sites is 2. The van der Waals surface area contributed by atoms with Gasteiger partial charge in [-0.1, -0.05) is 48.2 Å². The number of nitrogens with zero attached hydrogens (tertiary/aromatic N) is 4. The molecule has 170 valence electrons. The molecule has 1 amide bonds. The fraction of sp³-hybridized carbons (Fsp3) is 0.0435. The largest absolute Gasteiger partial charge is 0.325 e. The highest BCUT2D eigenvalue weighted by Crippen LogP contribution is 2.22. The van der Waals surface area contributed by atoms with E-state index in [9.17, 15) is 14.9 Å². The number of carbonyl (C=O) groups is 1. The summed E-state index contributed by atoms with van der Waals surface area (Å²) in [6.07, 6.45) is 0. The monoisotopic (exact) mass is 473 g/mol. The number of rotatable bonds is 9. The van der Waals surface area contributed by atoms with Crippen LogP contribution in [0.5, 0.6) is 0 Å². The van der Waals surface area contributed by atoms with Gasteiger partial charge in [-0.15, -0.1) is 0 Å². The first-order valence-corrected chi connectivity index (χ1v) is 11.1. The number of non-ortho nitro benzene ring substituents is 1. The van der Waals surface area contributed by atoms with Crippen LogP contribution >= 0.6 is 11.8 Å². The summed E-state index contributed by atoms with van der Waals surface area (Å²) < 4.78 is 0. The molecule has 0 bridgehead atoms. The second-order valence-electron chi connectivity index (χ2n) is 6.89. The number of nitrogens with one attached hydrogen (secondary N) is 3. The summed E-state index contributed by atoms with van der Waals surface area (Å²) in [5, 5.41) is 20.1. The van der Waals surface area contributed by atoms with Gasteiger partial charge in [-0.25, -0.2) is 0 Å². The third-order valence-corrected chi connectivity index (χ3v) is 5.22. The van der Waals surface area contributed by atoms with E-state index in [2.05, 4.69) is 30.9 Å². The van der Waals surface area contributed by atoms with Gasteiger partial charge in [-0.2, -0.15) is 15.0 Å². The van der Waals surface area contributed by atoms with E-state index in [1.165, 1.54) is 24.3 Å². The Hall–Kier alpha value is -4.51. The van der Waals surface area contributed by atoms with Crippen molar-refractivity contribution in [1.82, 2.24) is 15.0 Å². The summed E-state index contributed by atoms with van der Waals surface area (Å²) in [6.45, 7) is 0. The number of benzene rings is 3. The zero-order valence-corrected chi connectivity index (χ0v) is 18.5. The lowest BCUT2D eigenvalue weighted by molar-refractivity contribution is -0.384. The van der Waals surface area contributed by atoms with Gasteiger partial charge in [0.1, 0.15) is 0 Å². The molecule has 0 saturated heterocycles. The Morgan fingerprint density at radius 2 is 1.29 bits per heavy atom. The van der Waals surface area contributed by atoms with Gasteiger partial charge in [0, 0.05) is 29.2 Å². The van der Waals surface area contributed by atoms with Gasteiger partial charge < -0.3 is 16.0 Å². The van der Waals surface area contributed by atoms with Crippen molar-refractivity contribution in [1.29, 1.82) is 0 Å². The predicted octanol–water partition coefficient (Wildman–Crippen LogP) is 5.00. The molecule has 0 fully saturated rings. The number of anilines is 5. The Balaban J connectivity index is 1.46. The Morgan fingerprint density at radius 3 is 1.79 bits per heavy atom. The maximum absolute atomic E-state index is 12.4. The maximum Gasteiger partial charge on any atom is 0.269 e. The van der Waals surface area contributed by atoms with E-state index in [1.807, 2.05) is 60.7 Å². The van der Waals surface area contributed by atoms with Gasteiger partial charge in [0.2, 0.25) is 17.8 Å². The summed E-state index contributed by atoms with van der Waals surface area (Å²) in [5.41, 5.74) is 2.04. The number of hydrogen-bond acceptors (Lipinski definition) is 9. The molecule has 3 N–H and O–H groups in total. The minimum atomic E-state index is -0.496. The molecule has 11 heteroatoms. The molecular weight excluding hydrogens is 454 g/mol. The van der Waals surface area contributed by atoms with Crippen molar-refractivity contribution in [2.24, 2.45) is 0 Å². The molecule has 0 aliphatic heterocycles. The van der Waals surface area contributed by atoms with E-state index in [0.29, 0.717) is 22.7 Å². The van der Waals surface area contributed by atoms with E-state index < -0.39 is 4.92 Å². The molecule has 0 unspecified atom stereocenters. The lowest BCUT2D eigenvalue weighted by Gasteiger charge is -2.10. The number of hydrogen-bond donors (Lipinski definition) is 3. The second-order valence-corrected chi connectivity index (χ2v) is 7.83. The van der Waals surface area contributed by atoms with Crippen LogP contribution in [0, 0.1) is 10.1 Å². The number of nitro benzene ring substituents is 1. The molecule has 0 saturated carbocycles. The van der Waals surface area contributed by atoms with Gasteiger partial charge in [-0.05, 0) is 36.4 Å². The van der Waals surface area contributed by atoms with Crippen LogP contribution in [0.25, 0.3) is 0 Å². The minimum Gasteiger partial charge on any atom is -0.325 e. The van der Waals surface area contributed by atoms with Gasteiger partial charge in [0.15, 0.2) is 5.16 Å². The molecular formula is C23H19N7O3S. The maximum atomic E-state index is 12.4. The summed E-state index contributed by atoms with van der Waals surface area (Å²) >= 11 is 1.14. The van der Waals surface area contributed by atoms with Crippen LogP contribution < -0.4 is 16.0 Å². The smallest absolute Gasteiger partial charge is 0.269 e. The van der Waals surface area contributed by atoms with Crippen LogP contribution in [0.3, 0.4) is 0 Å². The Morgan fingerprint density at radius 1 is 0.765 bits per heavy atom. The van der Waals surface area contributed by atoms with Gasteiger partial charge in [-0.3, -0.25) is 14.9 Å². The first-order valence-electron chi connectivity index (χ1n) is 10.1. The van der Waals surface area contributed by atoms with Crippen LogP contribution in [0.1, 0.15) is 0 Å². The summed E-state index contributed by atoms with van der Waals surface area (Å²) in [6, 6.07) is 24.6. The van der Waals surface area contributed by atoms with Crippen LogP contribution in [0.15, 0.2) is 90.1 Å². The highest BCUT2D eigenvalue weighted by molar-refractivity contribution is 7.99. The fourth-order valence-corrected chi connectivity index (χ4v) is 3.46. The van der Waals surface area contributed by atoms with Crippen molar-refractivity contribution < 1.29 is 9.72 Å². The van der Waals surface area contributed by atoms with Crippen molar-refractivity contribution in [2.45, 2.75) is 5.16 Å². The zero-order chi connectivity index (χ0) is 23.8. The molecule has 1 aromatic heterocycles. The minimum absolute atomic E-state index is 0.0382. The second kappa shape index (κ2) is 10.9. The lowest BCUT2D eigenvalue weighted by Crippen LogP contribution is -2.14. The molecule has 0 aliphatic rings. The van der Waals surface area contributed by atoms with Gasteiger partial charge in [0.25, 0.3) is 5.69 Å². The molecule has 4 rings (SSSR count). The lowest BCUT2D eigenvalue weighted by atomic mass is 10.3. The molecule has 10 nitrogen and oxygen atoms in total. The summed E-state index contributed by atoms with van der Waals surface area (Å²) in [7, 11) is 0. The molecule has 1 heterocycles. The van der Waals surface area contributed by atoms with E-state index in [0.717, 1.165) is 23.1 Å². The van der Waals surface area contributed by atoms with Gasteiger partial charge >= 0.3 is 0 Å². The number of thioether (sulfide) groups is 1. The highest BCUT2D eigenvalue weighted by atomic mass is 32.2. The third-order valence-electron chi connectivity index (χ3n) is 4.37. The molecule has 3 aromatic carbocycles. The van der Waals surface area contributed by atoms with Crippen LogP contribution in [0.4, 0.5) is 34.6 Å². The third kappa shape index (κ3) is 6.50. The van der Waals surface area contributed by atoms with Crippen molar-refractivity contribution in [2.75, 3.05) is 21.7 Å². The Labute approximate surface area is 199 Å². The molecule has 0 radical (unpaired) electrons. The quantitative estimate of drug-likeness (QED) is 0.174. The number of aromatic nitrogens is 3. The first-order chi connectivity index (χ1) is 16.5. The van der Waals surface area contributed by atoms with E-state index in [1.54, 1.807) is 0 Å². The number of carbonyl (C=O) groups excluding carboxylic acids is 1. The van der Waals surface area contributed by atoms with Crippen LogP contribution in [-0.2, 0) is 4.79 Å². The summed E-state index contributed by atoms with van der Waals surface area (Å²) in [5.74, 6) is 0.404. The van der Waals surface area contributed by atoms with Crippen molar-refractivity contribution in [3.8, 4) is 0 Å². The Bertz CT molecular complexity index is 1210. The average Bonchev–Trinajstić information content (AvgIpc) is 2.84. The normalized spacial score (nSPS) is 10.4. The van der Waals surface area contributed by atoms with Crippen molar-refractivity contribution in [3.63, 3.8) is 0 Å². The standard InChI is InChI=1S/C23H19N7O3S/c31-20(24-18-11-13-19(14-12-18)30(32)33)15-34-23-28-21(25-16-7-3-1-4-8-16)27-22(29-23)26-17-9-5-2-6-10-17/h1-14H,15H2,(H,24,31)(H2,25,26,27,28,29). The number of nitro groups is 1. The molecule has 4 aromatic rings. The zero-order valence-electron chi connectivity index (χ0n) is 17.7.